The minimum atomic E-state index is -0.514. The SMILES string of the molecule is CN1OC(=S)N(c2ccccc2)C(c2ccccc2)C1=O. The number of anilines is 1. The number of nitrogens with zero attached hydrogens (tertiary/aromatic N) is 2. The van der Waals surface area contributed by atoms with Crippen molar-refractivity contribution in [1.29, 1.82) is 0 Å². The van der Waals surface area contributed by atoms with Crippen LogP contribution in [0.3, 0.4) is 0 Å². The second-order valence-corrected chi connectivity index (χ2v) is 5.06. The van der Waals surface area contributed by atoms with Gasteiger partial charge < -0.3 is 4.84 Å². The average Bonchev–Trinajstić information content (AvgIpc) is 2.52. The first-order valence-corrected chi connectivity index (χ1v) is 6.98. The Labute approximate surface area is 128 Å². The first-order valence-electron chi connectivity index (χ1n) is 6.57. The van der Waals surface area contributed by atoms with Gasteiger partial charge in [0.05, 0.1) is 0 Å². The third-order valence-electron chi connectivity index (χ3n) is 3.36. The van der Waals surface area contributed by atoms with Gasteiger partial charge in [-0.25, -0.2) is 0 Å². The largest absolute Gasteiger partial charge is 0.346 e. The van der Waals surface area contributed by atoms with Gasteiger partial charge in [0.1, 0.15) is 6.04 Å². The van der Waals surface area contributed by atoms with E-state index in [0.717, 1.165) is 11.3 Å². The molecule has 1 saturated heterocycles. The molecule has 4 nitrogen and oxygen atoms in total. The molecule has 1 aliphatic rings. The monoisotopic (exact) mass is 298 g/mol. The van der Waals surface area contributed by atoms with Crippen LogP contribution in [0.15, 0.2) is 60.7 Å². The topological polar surface area (TPSA) is 32.8 Å². The summed E-state index contributed by atoms with van der Waals surface area (Å²) in [6, 6.07) is 18.6. The summed E-state index contributed by atoms with van der Waals surface area (Å²) in [5, 5.41) is 1.46. The van der Waals surface area contributed by atoms with Crippen LogP contribution >= 0.6 is 12.2 Å². The lowest BCUT2D eigenvalue weighted by atomic mass is 10.0. The Kier molecular flexibility index (Phi) is 3.58. The van der Waals surface area contributed by atoms with Gasteiger partial charge in [-0.1, -0.05) is 48.5 Å². The lowest BCUT2D eigenvalue weighted by Gasteiger charge is -2.39. The summed E-state index contributed by atoms with van der Waals surface area (Å²) in [6.07, 6.45) is 0. The van der Waals surface area contributed by atoms with Gasteiger partial charge >= 0.3 is 0 Å². The zero-order chi connectivity index (χ0) is 14.8. The Morgan fingerprint density at radius 2 is 1.57 bits per heavy atom. The van der Waals surface area contributed by atoms with Crippen LogP contribution in [-0.2, 0) is 9.63 Å². The summed E-state index contributed by atoms with van der Waals surface area (Å²) in [6.45, 7) is 0. The molecular formula is C16H14N2O2S. The van der Waals surface area contributed by atoms with E-state index in [9.17, 15) is 4.79 Å². The van der Waals surface area contributed by atoms with Crippen LogP contribution in [0, 0.1) is 0 Å². The predicted molar refractivity (Wildman–Crippen MR) is 84.6 cm³/mol. The molecule has 2 aromatic rings. The van der Waals surface area contributed by atoms with Gasteiger partial charge in [-0.15, -0.1) is 0 Å². The van der Waals surface area contributed by atoms with E-state index in [1.165, 1.54) is 5.06 Å². The zero-order valence-electron chi connectivity index (χ0n) is 11.5. The molecule has 3 rings (SSSR count). The van der Waals surface area contributed by atoms with Crippen molar-refractivity contribution in [1.82, 2.24) is 5.06 Å². The highest BCUT2D eigenvalue weighted by atomic mass is 32.1. The molecule has 1 unspecified atom stereocenters. The third-order valence-corrected chi connectivity index (χ3v) is 3.64. The summed E-state index contributed by atoms with van der Waals surface area (Å²) in [5.41, 5.74) is 1.71. The van der Waals surface area contributed by atoms with Gasteiger partial charge in [-0.05, 0) is 29.9 Å². The fourth-order valence-electron chi connectivity index (χ4n) is 2.36. The Hall–Kier alpha value is -2.40. The van der Waals surface area contributed by atoms with Gasteiger partial charge in [-0.2, -0.15) is 5.06 Å². The number of likely N-dealkylation sites (N-methyl/N-ethyl adjacent to an activating group) is 1. The van der Waals surface area contributed by atoms with Gasteiger partial charge in [0.2, 0.25) is 0 Å². The van der Waals surface area contributed by atoms with Gasteiger partial charge in [0.15, 0.2) is 0 Å². The molecule has 106 valence electrons. The smallest absolute Gasteiger partial charge is 0.294 e. The highest BCUT2D eigenvalue weighted by Gasteiger charge is 2.39. The molecule has 0 N–H and O–H groups in total. The minimum Gasteiger partial charge on any atom is -0.346 e. The van der Waals surface area contributed by atoms with Gasteiger partial charge in [-0.3, -0.25) is 9.69 Å². The summed E-state index contributed by atoms with van der Waals surface area (Å²) < 4.78 is 0. The highest BCUT2D eigenvalue weighted by molar-refractivity contribution is 7.80. The molecule has 1 amide bonds. The van der Waals surface area contributed by atoms with E-state index in [2.05, 4.69) is 0 Å². The standard InChI is InChI=1S/C16H14N2O2S/c1-17-15(19)14(12-8-4-2-5-9-12)18(16(21)20-17)13-10-6-3-7-11-13/h2-11,14H,1H3. The van der Waals surface area contributed by atoms with Crippen LogP contribution in [0.25, 0.3) is 0 Å². The number of carbonyl (C=O) groups excluding carboxylic acids is 1. The van der Waals surface area contributed by atoms with Crippen molar-refractivity contribution >= 4 is 29.0 Å². The molecule has 0 aromatic heterocycles. The van der Waals surface area contributed by atoms with Crippen molar-refractivity contribution in [3.8, 4) is 0 Å². The second kappa shape index (κ2) is 5.54. The van der Waals surface area contributed by atoms with Crippen LogP contribution in [0.1, 0.15) is 11.6 Å². The molecule has 0 saturated carbocycles. The lowest BCUT2D eigenvalue weighted by Crippen LogP contribution is -2.52. The van der Waals surface area contributed by atoms with E-state index in [1.807, 2.05) is 60.7 Å². The Morgan fingerprint density at radius 3 is 2.19 bits per heavy atom. The fourth-order valence-corrected chi connectivity index (χ4v) is 2.69. The molecule has 1 heterocycles. The minimum absolute atomic E-state index is 0.154. The molecule has 0 aliphatic carbocycles. The van der Waals surface area contributed by atoms with Crippen molar-refractivity contribution in [2.75, 3.05) is 11.9 Å². The summed E-state index contributed by atoms with van der Waals surface area (Å²) in [5.74, 6) is -0.154. The number of amides is 1. The van der Waals surface area contributed by atoms with Crippen molar-refractivity contribution in [3.63, 3.8) is 0 Å². The molecule has 0 bridgehead atoms. The zero-order valence-corrected chi connectivity index (χ0v) is 12.3. The molecule has 2 aromatic carbocycles. The van der Waals surface area contributed by atoms with Crippen LogP contribution in [-0.4, -0.2) is 23.2 Å². The van der Waals surface area contributed by atoms with Gasteiger partial charge in [0, 0.05) is 12.7 Å². The van der Waals surface area contributed by atoms with Crippen LogP contribution in [0.2, 0.25) is 0 Å². The molecule has 1 fully saturated rings. The first-order chi connectivity index (χ1) is 10.2. The molecule has 0 spiro atoms. The van der Waals surface area contributed by atoms with Crippen molar-refractivity contribution in [2.24, 2.45) is 0 Å². The van der Waals surface area contributed by atoms with Crippen LogP contribution < -0.4 is 4.90 Å². The first kappa shape index (κ1) is 13.6. The van der Waals surface area contributed by atoms with Crippen molar-refractivity contribution < 1.29 is 9.63 Å². The summed E-state index contributed by atoms with van der Waals surface area (Å²) in [4.78, 5) is 19.7. The maximum Gasteiger partial charge on any atom is 0.294 e. The van der Waals surface area contributed by atoms with E-state index in [4.69, 9.17) is 17.1 Å². The van der Waals surface area contributed by atoms with E-state index >= 15 is 0 Å². The third kappa shape index (κ3) is 2.48. The molecule has 1 atom stereocenters. The normalized spacial score (nSPS) is 18.6. The van der Waals surface area contributed by atoms with E-state index in [1.54, 1.807) is 11.9 Å². The van der Waals surface area contributed by atoms with Crippen LogP contribution in [0.5, 0.6) is 0 Å². The number of hydroxylamine groups is 2. The predicted octanol–water partition coefficient (Wildman–Crippen LogP) is 2.92. The number of hydrogen-bond donors (Lipinski definition) is 0. The lowest BCUT2D eigenvalue weighted by molar-refractivity contribution is -0.160. The Morgan fingerprint density at radius 1 is 1.00 bits per heavy atom. The Balaban J connectivity index is 2.09. The Bertz CT molecular complexity index is 660. The summed E-state index contributed by atoms with van der Waals surface area (Å²) >= 11 is 5.33. The number of hydrogen-bond acceptors (Lipinski definition) is 3. The number of thiocarbonyl (C=S) groups is 1. The van der Waals surface area contributed by atoms with E-state index < -0.39 is 6.04 Å². The highest BCUT2D eigenvalue weighted by Crippen LogP contribution is 2.32. The van der Waals surface area contributed by atoms with Crippen molar-refractivity contribution in [3.05, 3.63) is 66.2 Å². The van der Waals surface area contributed by atoms with Crippen molar-refractivity contribution in [2.45, 2.75) is 6.04 Å². The number of carbonyl (C=O) groups is 1. The van der Waals surface area contributed by atoms with Crippen LogP contribution in [0.4, 0.5) is 5.69 Å². The summed E-state index contributed by atoms with van der Waals surface area (Å²) in [7, 11) is 1.58. The van der Waals surface area contributed by atoms with E-state index in [0.29, 0.717) is 0 Å². The fraction of sp³-hybridized carbons (Fsp3) is 0.125. The maximum atomic E-state index is 12.6. The molecular weight excluding hydrogens is 284 g/mol. The quantitative estimate of drug-likeness (QED) is 0.798. The molecule has 1 aliphatic heterocycles. The number of rotatable bonds is 2. The van der Waals surface area contributed by atoms with Gasteiger partial charge in [0.25, 0.3) is 11.1 Å². The molecule has 0 radical (unpaired) electrons. The average molecular weight is 298 g/mol. The molecule has 5 heteroatoms. The van der Waals surface area contributed by atoms with E-state index in [-0.39, 0.29) is 11.1 Å². The molecule has 21 heavy (non-hydrogen) atoms. The maximum absolute atomic E-state index is 12.6. The number of para-hydroxylation sites is 1. The second-order valence-electron chi connectivity index (χ2n) is 4.71. The number of benzene rings is 2.